The van der Waals surface area contributed by atoms with E-state index >= 15 is 0 Å². The number of alkyl halides is 3. The monoisotopic (exact) mass is 614 g/mol. The number of fused-ring (bicyclic) bond motifs is 1. The third-order valence-corrected chi connectivity index (χ3v) is 7.03. The molecule has 0 amide bonds. The zero-order valence-corrected chi connectivity index (χ0v) is 23.2. The van der Waals surface area contributed by atoms with Crippen LogP contribution >= 0.6 is 20.2 Å². The van der Waals surface area contributed by atoms with E-state index in [1.807, 2.05) is 6.07 Å². The van der Waals surface area contributed by atoms with Crippen LogP contribution in [0.25, 0.3) is 27.9 Å². The van der Waals surface area contributed by atoms with Crippen LogP contribution in [-0.4, -0.2) is 34.2 Å². The molecule has 5 aromatic rings. The Morgan fingerprint density at radius 3 is 2.24 bits per heavy atom. The molecule has 3 heterocycles. The van der Waals surface area contributed by atoms with Gasteiger partial charge in [-0.25, -0.2) is 14.2 Å². The number of halogens is 4. The van der Waals surface area contributed by atoms with E-state index in [0.29, 0.717) is 32.8 Å². The Kier molecular flexibility index (Phi) is 8.10. The Hall–Kier alpha value is -4.18. The van der Waals surface area contributed by atoms with Crippen LogP contribution < -0.4 is 5.56 Å². The second-order valence-electron chi connectivity index (χ2n) is 9.03. The van der Waals surface area contributed by atoms with Gasteiger partial charge in [0.15, 0.2) is 11.5 Å². The SMILES string of the molecule is Cc1nc(C(F)(F)F)ccc1Cn1c(=O)c(-c2ccc(C#N)cc2)c(-c2ccc(Cl)cc2)c2nnc(COP(O)O)n21. The van der Waals surface area contributed by atoms with Gasteiger partial charge in [-0.05, 0) is 53.9 Å². The van der Waals surface area contributed by atoms with Gasteiger partial charge >= 0.3 is 14.8 Å². The van der Waals surface area contributed by atoms with Crippen LogP contribution in [0.5, 0.6) is 0 Å². The first-order valence-electron chi connectivity index (χ1n) is 12.1. The van der Waals surface area contributed by atoms with Crippen LogP contribution in [0.4, 0.5) is 13.2 Å². The molecule has 0 bridgehead atoms. The summed E-state index contributed by atoms with van der Waals surface area (Å²) in [7, 11) is -2.77. The Bertz CT molecular complexity index is 1880. The highest BCUT2D eigenvalue weighted by Gasteiger charge is 2.33. The van der Waals surface area contributed by atoms with Crippen LogP contribution in [-0.2, 0) is 23.9 Å². The molecule has 10 nitrogen and oxygen atoms in total. The average molecular weight is 615 g/mol. The second kappa shape index (κ2) is 11.6. The predicted molar refractivity (Wildman–Crippen MR) is 147 cm³/mol. The lowest BCUT2D eigenvalue weighted by atomic mass is 9.96. The lowest BCUT2D eigenvalue weighted by molar-refractivity contribution is -0.141. The minimum absolute atomic E-state index is 0.0248. The molecular formula is C27H19ClF3N6O4P. The summed E-state index contributed by atoms with van der Waals surface area (Å²) in [5, 5.41) is 18.1. The number of pyridine rings is 1. The molecule has 15 heteroatoms. The molecule has 0 aliphatic carbocycles. The maximum atomic E-state index is 14.4. The molecule has 0 saturated heterocycles. The van der Waals surface area contributed by atoms with Crippen LogP contribution in [0.1, 0.15) is 28.3 Å². The smallest absolute Gasteiger partial charge is 0.328 e. The maximum absolute atomic E-state index is 14.4. The quantitative estimate of drug-likeness (QED) is 0.237. The van der Waals surface area contributed by atoms with E-state index in [1.165, 1.54) is 22.2 Å². The number of rotatable bonds is 7. The van der Waals surface area contributed by atoms with Gasteiger partial charge in [0.2, 0.25) is 0 Å². The molecule has 2 N–H and O–H groups in total. The first-order valence-corrected chi connectivity index (χ1v) is 13.6. The molecule has 42 heavy (non-hydrogen) atoms. The highest BCUT2D eigenvalue weighted by Crippen LogP contribution is 2.35. The number of benzene rings is 2. The highest BCUT2D eigenvalue weighted by molar-refractivity contribution is 7.39. The number of hydrogen-bond donors (Lipinski definition) is 2. The fraction of sp³-hybridized carbons (Fsp3) is 0.148. The summed E-state index contributed by atoms with van der Waals surface area (Å²) in [6.45, 7) is 0.714. The zero-order valence-electron chi connectivity index (χ0n) is 21.5. The van der Waals surface area contributed by atoms with Crippen molar-refractivity contribution in [3.8, 4) is 28.3 Å². The number of aromatic nitrogens is 5. The van der Waals surface area contributed by atoms with E-state index in [0.717, 1.165) is 6.07 Å². The molecule has 0 spiro atoms. The van der Waals surface area contributed by atoms with E-state index in [1.54, 1.807) is 48.5 Å². The molecule has 2 aromatic carbocycles. The van der Waals surface area contributed by atoms with Crippen molar-refractivity contribution < 1.29 is 27.5 Å². The summed E-state index contributed by atoms with van der Waals surface area (Å²) < 4.78 is 47.3. The van der Waals surface area contributed by atoms with Gasteiger partial charge in [-0.1, -0.05) is 41.9 Å². The zero-order chi connectivity index (χ0) is 30.2. The molecule has 3 aromatic heterocycles. The highest BCUT2D eigenvalue weighted by atomic mass is 35.5. The van der Waals surface area contributed by atoms with Crippen molar-refractivity contribution in [1.29, 1.82) is 5.26 Å². The largest absolute Gasteiger partial charge is 0.433 e. The van der Waals surface area contributed by atoms with Gasteiger partial charge in [0, 0.05) is 16.3 Å². The van der Waals surface area contributed by atoms with Crippen molar-refractivity contribution >= 4 is 25.9 Å². The fourth-order valence-electron chi connectivity index (χ4n) is 4.45. The summed E-state index contributed by atoms with van der Waals surface area (Å²) in [6, 6.07) is 17.0. The number of hydrogen-bond acceptors (Lipinski definition) is 8. The summed E-state index contributed by atoms with van der Waals surface area (Å²) in [6.07, 6.45) is -4.65. The third kappa shape index (κ3) is 5.76. The topological polar surface area (TPSA) is 139 Å². The summed E-state index contributed by atoms with van der Waals surface area (Å²) in [5.41, 5.74) is 0.772. The lowest BCUT2D eigenvalue weighted by Crippen LogP contribution is -2.30. The molecule has 0 radical (unpaired) electrons. The summed E-state index contributed by atoms with van der Waals surface area (Å²) in [5.74, 6) is 0.0248. The molecule has 0 atom stereocenters. The molecule has 0 fully saturated rings. The van der Waals surface area contributed by atoms with E-state index < -0.39 is 32.6 Å². The molecule has 0 saturated carbocycles. The van der Waals surface area contributed by atoms with Crippen LogP contribution in [0.2, 0.25) is 5.02 Å². The van der Waals surface area contributed by atoms with Crippen LogP contribution in [0.15, 0.2) is 65.5 Å². The van der Waals surface area contributed by atoms with Gasteiger partial charge in [-0.3, -0.25) is 4.79 Å². The van der Waals surface area contributed by atoms with Crippen molar-refractivity contribution in [2.24, 2.45) is 0 Å². The van der Waals surface area contributed by atoms with Crippen molar-refractivity contribution in [2.75, 3.05) is 0 Å². The number of aryl methyl sites for hydroxylation is 1. The molecule has 0 aliphatic heterocycles. The molecular weight excluding hydrogens is 596 g/mol. The Balaban J connectivity index is 1.83. The lowest BCUT2D eigenvalue weighted by Gasteiger charge is -2.19. The number of nitrogens with zero attached hydrogens (tertiary/aromatic N) is 6. The van der Waals surface area contributed by atoms with E-state index in [-0.39, 0.29) is 29.3 Å². The first-order chi connectivity index (χ1) is 20.0. The third-order valence-electron chi connectivity index (χ3n) is 6.42. The van der Waals surface area contributed by atoms with Gasteiger partial charge in [-0.15, -0.1) is 10.2 Å². The van der Waals surface area contributed by atoms with Gasteiger partial charge in [0.1, 0.15) is 12.3 Å². The minimum atomic E-state index is -4.65. The van der Waals surface area contributed by atoms with E-state index in [2.05, 4.69) is 15.2 Å². The van der Waals surface area contributed by atoms with E-state index in [4.69, 9.17) is 16.1 Å². The fourth-order valence-corrected chi connectivity index (χ4v) is 4.81. The standard InChI is InChI=1S/C27H19ClF3N6O4P/c1-15-19(8-11-21(33-15)27(29,30)31)13-36-26(38)24(18-4-2-16(12-32)3-5-18)23(17-6-9-20(28)10-7-17)25-35-34-22(37(25)36)14-41-42(39)40/h2-11,39-40H,13-14H2,1H3. The van der Waals surface area contributed by atoms with Gasteiger partial charge in [0.05, 0.1) is 23.7 Å². The Labute approximate surface area is 241 Å². The molecule has 0 unspecified atom stereocenters. The molecule has 5 rings (SSSR count). The van der Waals surface area contributed by atoms with Crippen molar-refractivity contribution in [3.63, 3.8) is 0 Å². The van der Waals surface area contributed by atoms with Crippen LogP contribution in [0, 0.1) is 18.3 Å². The van der Waals surface area contributed by atoms with Crippen molar-refractivity contribution in [2.45, 2.75) is 26.3 Å². The number of nitriles is 1. The molecule has 214 valence electrons. The van der Waals surface area contributed by atoms with Crippen molar-refractivity contribution in [3.05, 3.63) is 104 Å². The second-order valence-corrected chi connectivity index (χ2v) is 10.2. The van der Waals surface area contributed by atoms with Gasteiger partial charge in [-0.2, -0.15) is 18.4 Å². The predicted octanol–water partition coefficient (Wildman–Crippen LogP) is 5.25. The summed E-state index contributed by atoms with van der Waals surface area (Å²) >= 11 is 6.12. The maximum Gasteiger partial charge on any atom is 0.433 e. The summed E-state index contributed by atoms with van der Waals surface area (Å²) in [4.78, 5) is 36.8. The average Bonchev–Trinajstić information content (AvgIpc) is 3.37. The van der Waals surface area contributed by atoms with Gasteiger partial charge in [0.25, 0.3) is 5.56 Å². The van der Waals surface area contributed by atoms with Crippen molar-refractivity contribution in [1.82, 2.24) is 24.4 Å². The van der Waals surface area contributed by atoms with E-state index in [9.17, 15) is 33.0 Å². The normalized spacial score (nSPS) is 11.8. The Morgan fingerprint density at radius 2 is 1.64 bits per heavy atom. The first kappa shape index (κ1) is 29.3. The molecule has 0 aliphatic rings. The Morgan fingerprint density at radius 1 is 1.00 bits per heavy atom. The van der Waals surface area contributed by atoms with Gasteiger partial charge < -0.3 is 14.3 Å². The minimum Gasteiger partial charge on any atom is -0.328 e. The van der Waals surface area contributed by atoms with Crippen LogP contribution in [0.3, 0.4) is 0 Å².